The number of hydrogen-bond acceptors (Lipinski definition) is 4. The fourth-order valence-corrected chi connectivity index (χ4v) is 1.19. The minimum atomic E-state index is -0.482. The van der Waals surface area contributed by atoms with E-state index in [1.807, 2.05) is 0 Å². The lowest BCUT2D eigenvalue weighted by molar-refractivity contribution is -0.142. The molecule has 74 valence electrons. The number of aliphatic imine (C=N–C) groups is 1. The highest BCUT2D eigenvalue weighted by Crippen LogP contribution is 2.15. The van der Waals surface area contributed by atoms with Crippen LogP contribution in [0.1, 0.15) is 12.8 Å². The van der Waals surface area contributed by atoms with Crippen molar-refractivity contribution in [1.82, 2.24) is 0 Å². The largest absolute Gasteiger partial charge is 0.461 e. The zero-order chi connectivity index (χ0) is 9.84. The van der Waals surface area contributed by atoms with Gasteiger partial charge in [-0.15, -0.1) is 0 Å². The average Bonchev–Trinajstić information content (AvgIpc) is 2.30. The van der Waals surface area contributed by atoms with Crippen LogP contribution in [-0.2, 0) is 9.53 Å². The van der Waals surface area contributed by atoms with Gasteiger partial charge in [0.25, 0.3) is 0 Å². The second-order valence-electron chi connectivity index (χ2n) is 3.00. The van der Waals surface area contributed by atoms with E-state index in [4.69, 9.17) is 21.9 Å². The third-order valence-corrected chi connectivity index (χ3v) is 1.85. The molecule has 0 radical (unpaired) electrons. The minimum Gasteiger partial charge on any atom is -0.461 e. The van der Waals surface area contributed by atoms with E-state index in [0.717, 1.165) is 0 Å². The molecule has 1 saturated heterocycles. The van der Waals surface area contributed by atoms with Crippen molar-refractivity contribution in [2.24, 2.45) is 22.2 Å². The van der Waals surface area contributed by atoms with E-state index < -0.39 is 6.04 Å². The number of carbonyl (C=O) groups is 1. The molecule has 0 aliphatic carbocycles. The molecule has 6 N–H and O–H groups in total. The smallest absolute Gasteiger partial charge is 0.323 e. The Bertz CT molecular complexity index is 225. The van der Waals surface area contributed by atoms with Crippen LogP contribution in [0.3, 0.4) is 0 Å². The van der Waals surface area contributed by atoms with Gasteiger partial charge in [-0.1, -0.05) is 0 Å². The van der Waals surface area contributed by atoms with E-state index in [1.54, 1.807) is 0 Å². The summed E-state index contributed by atoms with van der Waals surface area (Å²) in [5.74, 6) is -0.289. The molecule has 1 aliphatic rings. The van der Waals surface area contributed by atoms with E-state index in [2.05, 4.69) is 4.99 Å². The van der Waals surface area contributed by atoms with Crippen LogP contribution >= 0.6 is 0 Å². The summed E-state index contributed by atoms with van der Waals surface area (Å²) < 4.78 is 4.94. The summed E-state index contributed by atoms with van der Waals surface area (Å²) >= 11 is 0. The Hall–Kier alpha value is -1.30. The van der Waals surface area contributed by atoms with Crippen LogP contribution in [-0.4, -0.2) is 30.6 Å². The number of nitrogens with two attached hydrogens (primary N) is 3. The lowest BCUT2D eigenvalue weighted by Crippen LogP contribution is -2.24. The molecule has 2 atom stereocenters. The second kappa shape index (κ2) is 4.08. The van der Waals surface area contributed by atoms with Gasteiger partial charge in [-0.25, -0.2) is 0 Å². The van der Waals surface area contributed by atoms with Gasteiger partial charge >= 0.3 is 5.97 Å². The average molecular weight is 186 g/mol. The molecule has 1 rings (SSSR count). The van der Waals surface area contributed by atoms with E-state index >= 15 is 0 Å². The number of cyclic esters (lactones) is 1. The molecule has 0 aromatic heterocycles. The van der Waals surface area contributed by atoms with Crippen LogP contribution in [0.5, 0.6) is 0 Å². The van der Waals surface area contributed by atoms with Crippen molar-refractivity contribution in [3.63, 3.8) is 0 Å². The highest BCUT2D eigenvalue weighted by atomic mass is 16.6. The molecule has 6 nitrogen and oxygen atoms in total. The summed E-state index contributed by atoms with van der Waals surface area (Å²) in [6.45, 7) is 0.465. The topological polar surface area (TPSA) is 117 Å². The Kier molecular flexibility index (Phi) is 3.07. The zero-order valence-corrected chi connectivity index (χ0v) is 7.27. The quantitative estimate of drug-likeness (QED) is 0.276. The second-order valence-corrected chi connectivity index (χ2v) is 3.00. The third kappa shape index (κ3) is 2.90. The molecule has 6 heteroatoms. The summed E-state index contributed by atoms with van der Waals surface area (Å²) in [7, 11) is 0. The van der Waals surface area contributed by atoms with Crippen LogP contribution in [0.2, 0.25) is 0 Å². The molecule has 1 heterocycles. The van der Waals surface area contributed by atoms with Crippen LogP contribution < -0.4 is 17.2 Å². The summed E-state index contributed by atoms with van der Waals surface area (Å²) in [6, 6.07) is -0.482. The molecule has 0 spiro atoms. The molecule has 0 saturated carbocycles. The SMILES string of the molecule is NC(N)=NCCC1C[C@H](N)C(=O)O1. The monoisotopic (exact) mass is 186 g/mol. The summed E-state index contributed by atoms with van der Waals surface area (Å²) in [4.78, 5) is 14.6. The van der Waals surface area contributed by atoms with Gasteiger partial charge in [0.1, 0.15) is 12.1 Å². The van der Waals surface area contributed by atoms with Gasteiger partial charge < -0.3 is 21.9 Å². The Balaban J connectivity index is 2.25. The van der Waals surface area contributed by atoms with Crippen molar-refractivity contribution < 1.29 is 9.53 Å². The number of carbonyl (C=O) groups excluding carboxylic acids is 1. The first-order valence-electron chi connectivity index (χ1n) is 4.11. The Morgan fingerprint density at radius 1 is 1.62 bits per heavy atom. The lowest BCUT2D eigenvalue weighted by atomic mass is 10.1. The fraction of sp³-hybridized carbons (Fsp3) is 0.714. The van der Waals surface area contributed by atoms with Crippen molar-refractivity contribution in [1.29, 1.82) is 0 Å². The number of nitrogens with zero attached hydrogens (tertiary/aromatic N) is 1. The van der Waals surface area contributed by atoms with E-state index in [1.165, 1.54) is 0 Å². The molecule has 1 unspecified atom stereocenters. The maximum Gasteiger partial charge on any atom is 0.323 e. The van der Waals surface area contributed by atoms with Crippen LogP contribution in [0.4, 0.5) is 0 Å². The Morgan fingerprint density at radius 2 is 2.31 bits per heavy atom. The molecule has 0 amide bonds. The predicted molar refractivity (Wildman–Crippen MR) is 47.8 cm³/mol. The molecule has 1 aliphatic heterocycles. The first-order chi connectivity index (χ1) is 6.09. The summed E-state index contributed by atoms with van der Waals surface area (Å²) in [6.07, 6.45) is 1.04. The maximum absolute atomic E-state index is 10.8. The molecule has 1 fully saturated rings. The van der Waals surface area contributed by atoms with Crippen LogP contribution in [0.25, 0.3) is 0 Å². The van der Waals surface area contributed by atoms with Crippen molar-refractivity contribution >= 4 is 11.9 Å². The van der Waals surface area contributed by atoms with Crippen LogP contribution in [0.15, 0.2) is 4.99 Å². The normalized spacial score (nSPS) is 27.0. The third-order valence-electron chi connectivity index (χ3n) is 1.85. The lowest BCUT2D eigenvalue weighted by Gasteiger charge is -2.05. The first-order valence-corrected chi connectivity index (χ1v) is 4.11. The van der Waals surface area contributed by atoms with E-state index in [0.29, 0.717) is 19.4 Å². The first kappa shape index (κ1) is 9.79. The standard InChI is InChI=1S/C7H14N4O2/c8-5-3-4(13-6(5)12)1-2-11-7(9)10/h4-5H,1-3,8H2,(H4,9,10,11)/t4?,5-/m0/s1. The number of rotatable bonds is 3. The highest BCUT2D eigenvalue weighted by Gasteiger charge is 2.30. The predicted octanol–water partition coefficient (Wildman–Crippen LogP) is -1.71. The molecule has 0 bridgehead atoms. The Labute approximate surface area is 76.1 Å². The molecular formula is C7H14N4O2. The fourth-order valence-electron chi connectivity index (χ4n) is 1.19. The van der Waals surface area contributed by atoms with Gasteiger partial charge in [-0.2, -0.15) is 0 Å². The number of guanidine groups is 1. The highest BCUT2D eigenvalue weighted by molar-refractivity contribution is 5.77. The maximum atomic E-state index is 10.8. The van der Waals surface area contributed by atoms with Crippen molar-refractivity contribution in [2.75, 3.05) is 6.54 Å². The zero-order valence-electron chi connectivity index (χ0n) is 7.27. The number of esters is 1. The Morgan fingerprint density at radius 3 is 2.77 bits per heavy atom. The van der Waals surface area contributed by atoms with Gasteiger partial charge in [-0.05, 0) is 0 Å². The molecular weight excluding hydrogens is 172 g/mol. The van der Waals surface area contributed by atoms with E-state index in [-0.39, 0.29) is 18.0 Å². The van der Waals surface area contributed by atoms with Gasteiger partial charge in [0.2, 0.25) is 0 Å². The van der Waals surface area contributed by atoms with Gasteiger partial charge in [-0.3, -0.25) is 9.79 Å². The summed E-state index contributed by atoms with van der Waals surface area (Å²) in [5, 5.41) is 0. The molecule has 13 heavy (non-hydrogen) atoms. The van der Waals surface area contributed by atoms with Crippen molar-refractivity contribution in [3.05, 3.63) is 0 Å². The number of ether oxygens (including phenoxy) is 1. The van der Waals surface area contributed by atoms with Gasteiger partial charge in [0.05, 0.1) is 0 Å². The van der Waals surface area contributed by atoms with Gasteiger partial charge in [0, 0.05) is 19.4 Å². The summed E-state index contributed by atoms with van der Waals surface area (Å²) in [5.41, 5.74) is 15.7. The molecule has 0 aromatic carbocycles. The molecule has 0 aromatic rings. The number of hydrogen-bond donors (Lipinski definition) is 3. The van der Waals surface area contributed by atoms with Crippen molar-refractivity contribution in [2.45, 2.75) is 25.0 Å². The van der Waals surface area contributed by atoms with Crippen molar-refractivity contribution in [3.8, 4) is 0 Å². The van der Waals surface area contributed by atoms with E-state index in [9.17, 15) is 4.79 Å². The minimum absolute atomic E-state index is 0.0496. The van der Waals surface area contributed by atoms with Crippen LogP contribution in [0, 0.1) is 0 Å². The van der Waals surface area contributed by atoms with Gasteiger partial charge in [0.15, 0.2) is 5.96 Å².